The van der Waals surface area contributed by atoms with E-state index >= 15 is 0 Å². The molecule has 0 saturated carbocycles. The zero-order valence-electron chi connectivity index (χ0n) is 15.0. The van der Waals surface area contributed by atoms with Crippen LogP contribution in [-0.2, 0) is 11.3 Å². The third-order valence-corrected chi connectivity index (χ3v) is 5.15. The molecular weight excluding hydrogens is 334 g/mol. The van der Waals surface area contributed by atoms with Crippen LogP contribution in [0.1, 0.15) is 31.2 Å². The van der Waals surface area contributed by atoms with Gasteiger partial charge in [0.15, 0.2) is 0 Å². The molecule has 0 aromatic heterocycles. The molecule has 1 aliphatic rings. The van der Waals surface area contributed by atoms with E-state index in [9.17, 15) is 4.79 Å². The Kier molecular flexibility index (Phi) is 9.77. The van der Waals surface area contributed by atoms with E-state index in [0.717, 1.165) is 24.5 Å². The van der Waals surface area contributed by atoms with Crippen molar-refractivity contribution in [1.82, 2.24) is 10.2 Å². The molecule has 5 nitrogen and oxygen atoms in total. The number of rotatable bonds is 11. The van der Waals surface area contributed by atoms with Crippen LogP contribution in [0.25, 0.3) is 0 Å². The van der Waals surface area contributed by atoms with Crippen LogP contribution < -0.4 is 15.8 Å². The van der Waals surface area contributed by atoms with Gasteiger partial charge in [0, 0.05) is 25.4 Å². The topological polar surface area (TPSA) is 67.6 Å². The summed E-state index contributed by atoms with van der Waals surface area (Å²) in [6.45, 7) is 5.29. The van der Waals surface area contributed by atoms with Crippen LogP contribution in [0.2, 0.25) is 0 Å². The third kappa shape index (κ3) is 8.61. The maximum absolute atomic E-state index is 11.6. The largest absolute Gasteiger partial charge is 0.494 e. The molecule has 0 radical (unpaired) electrons. The van der Waals surface area contributed by atoms with E-state index in [4.69, 9.17) is 10.5 Å². The summed E-state index contributed by atoms with van der Waals surface area (Å²) in [6.07, 6.45) is 4.80. The summed E-state index contributed by atoms with van der Waals surface area (Å²) in [5.74, 6) is 2.29. The molecule has 25 heavy (non-hydrogen) atoms. The summed E-state index contributed by atoms with van der Waals surface area (Å²) in [4.78, 5) is 14.1. The fourth-order valence-corrected chi connectivity index (χ4v) is 3.50. The minimum atomic E-state index is 0.0713. The quantitative estimate of drug-likeness (QED) is 0.589. The fraction of sp³-hybridized carbons (Fsp3) is 0.632. The molecule has 0 atom stereocenters. The highest BCUT2D eigenvalue weighted by Crippen LogP contribution is 2.17. The molecule has 0 spiro atoms. The summed E-state index contributed by atoms with van der Waals surface area (Å²) < 4.78 is 5.82. The number of carbonyl (C=O) groups excluding carboxylic acids is 1. The van der Waals surface area contributed by atoms with Crippen LogP contribution >= 0.6 is 11.8 Å². The van der Waals surface area contributed by atoms with Gasteiger partial charge in [-0.3, -0.25) is 9.69 Å². The summed E-state index contributed by atoms with van der Waals surface area (Å²) in [7, 11) is 0. The second-order valence-corrected chi connectivity index (χ2v) is 7.48. The van der Waals surface area contributed by atoms with Crippen molar-refractivity contribution in [3.8, 4) is 5.75 Å². The van der Waals surface area contributed by atoms with Crippen molar-refractivity contribution in [1.29, 1.82) is 0 Å². The zero-order chi connectivity index (χ0) is 17.7. The Morgan fingerprint density at radius 3 is 2.92 bits per heavy atom. The Morgan fingerprint density at radius 1 is 1.28 bits per heavy atom. The highest BCUT2D eigenvalue weighted by molar-refractivity contribution is 7.99. The Bertz CT molecular complexity index is 507. The number of nitrogens with one attached hydrogen (secondary N) is 1. The van der Waals surface area contributed by atoms with Crippen molar-refractivity contribution in [3.05, 3.63) is 29.8 Å². The van der Waals surface area contributed by atoms with Gasteiger partial charge < -0.3 is 15.8 Å². The van der Waals surface area contributed by atoms with Crippen LogP contribution in [0.15, 0.2) is 24.3 Å². The van der Waals surface area contributed by atoms with Crippen molar-refractivity contribution in [2.75, 3.05) is 44.3 Å². The molecule has 6 heteroatoms. The lowest BCUT2D eigenvalue weighted by molar-refractivity contribution is -0.118. The number of ether oxygens (including phenoxy) is 1. The molecule has 1 saturated heterocycles. The minimum Gasteiger partial charge on any atom is -0.494 e. The Balaban J connectivity index is 1.60. The van der Waals surface area contributed by atoms with E-state index in [-0.39, 0.29) is 5.91 Å². The van der Waals surface area contributed by atoms with Gasteiger partial charge in [0.25, 0.3) is 0 Å². The van der Waals surface area contributed by atoms with Gasteiger partial charge in [-0.1, -0.05) is 18.6 Å². The molecule has 1 fully saturated rings. The Labute approximate surface area is 155 Å². The molecule has 0 bridgehead atoms. The van der Waals surface area contributed by atoms with E-state index < -0.39 is 0 Å². The van der Waals surface area contributed by atoms with Gasteiger partial charge in [0.05, 0.1) is 12.4 Å². The molecule has 2 rings (SSSR count). The SMILES string of the molecule is NCCSCC(=O)NCCCOc1cccc(CN2CCCCC2)c1. The molecule has 1 aliphatic heterocycles. The lowest BCUT2D eigenvalue weighted by Gasteiger charge is -2.26. The van der Waals surface area contributed by atoms with Crippen molar-refractivity contribution >= 4 is 17.7 Å². The van der Waals surface area contributed by atoms with Crippen molar-refractivity contribution in [2.45, 2.75) is 32.2 Å². The first-order valence-electron chi connectivity index (χ1n) is 9.26. The van der Waals surface area contributed by atoms with E-state index in [1.807, 2.05) is 6.07 Å². The lowest BCUT2D eigenvalue weighted by Crippen LogP contribution is -2.29. The number of nitrogens with zero attached hydrogens (tertiary/aromatic N) is 1. The first-order chi connectivity index (χ1) is 12.3. The van der Waals surface area contributed by atoms with Crippen LogP contribution in [0, 0.1) is 0 Å². The summed E-state index contributed by atoms with van der Waals surface area (Å²) in [5.41, 5.74) is 6.71. The molecule has 1 amide bonds. The number of nitrogens with two attached hydrogens (primary N) is 1. The molecule has 140 valence electrons. The highest BCUT2D eigenvalue weighted by Gasteiger charge is 2.10. The van der Waals surface area contributed by atoms with Gasteiger partial charge in [-0.15, -0.1) is 0 Å². The highest BCUT2D eigenvalue weighted by atomic mass is 32.2. The van der Waals surface area contributed by atoms with E-state index in [1.54, 1.807) is 11.8 Å². The molecule has 1 heterocycles. The Morgan fingerprint density at radius 2 is 2.12 bits per heavy atom. The molecule has 1 aromatic rings. The van der Waals surface area contributed by atoms with E-state index in [2.05, 4.69) is 28.4 Å². The number of likely N-dealkylation sites (tertiary alicyclic amines) is 1. The first-order valence-corrected chi connectivity index (χ1v) is 10.4. The average Bonchev–Trinajstić information content (AvgIpc) is 2.63. The van der Waals surface area contributed by atoms with Gasteiger partial charge in [-0.25, -0.2) is 0 Å². The maximum atomic E-state index is 11.6. The minimum absolute atomic E-state index is 0.0713. The lowest BCUT2D eigenvalue weighted by atomic mass is 10.1. The monoisotopic (exact) mass is 365 g/mol. The van der Waals surface area contributed by atoms with E-state index in [1.165, 1.54) is 37.9 Å². The van der Waals surface area contributed by atoms with Crippen LogP contribution in [0.4, 0.5) is 0 Å². The van der Waals surface area contributed by atoms with Crippen molar-refractivity contribution in [3.63, 3.8) is 0 Å². The number of benzene rings is 1. The number of hydrogen-bond acceptors (Lipinski definition) is 5. The predicted octanol–water partition coefficient (Wildman–Crippen LogP) is 2.25. The number of carbonyl (C=O) groups is 1. The molecule has 0 aliphatic carbocycles. The third-order valence-electron chi connectivity index (χ3n) is 4.16. The zero-order valence-corrected chi connectivity index (χ0v) is 15.9. The number of piperidine rings is 1. The number of thioether (sulfide) groups is 1. The summed E-state index contributed by atoms with van der Waals surface area (Å²) in [5, 5.41) is 2.91. The van der Waals surface area contributed by atoms with Gasteiger partial charge in [0.1, 0.15) is 5.75 Å². The molecule has 0 unspecified atom stereocenters. The van der Waals surface area contributed by atoms with Gasteiger partial charge in [-0.05, 0) is 50.0 Å². The number of amides is 1. The van der Waals surface area contributed by atoms with Gasteiger partial charge in [0.2, 0.25) is 5.91 Å². The second-order valence-electron chi connectivity index (χ2n) is 6.38. The predicted molar refractivity (Wildman–Crippen MR) is 105 cm³/mol. The van der Waals surface area contributed by atoms with E-state index in [0.29, 0.717) is 25.4 Å². The van der Waals surface area contributed by atoms with Crippen LogP contribution in [0.5, 0.6) is 5.75 Å². The van der Waals surface area contributed by atoms with Gasteiger partial charge >= 0.3 is 0 Å². The van der Waals surface area contributed by atoms with Crippen LogP contribution in [0.3, 0.4) is 0 Å². The first kappa shape index (κ1) is 20.1. The molecule has 1 aromatic carbocycles. The molecule has 3 N–H and O–H groups in total. The maximum Gasteiger partial charge on any atom is 0.229 e. The fourth-order valence-electron chi connectivity index (χ4n) is 2.90. The smallest absolute Gasteiger partial charge is 0.229 e. The second kappa shape index (κ2) is 12.2. The summed E-state index contributed by atoms with van der Waals surface area (Å²) in [6, 6.07) is 8.37. The molecular formula is C19H31N3O2S. The normalized spacial score (nSPS) is 15.1. The van der Waals surface area contributed by atoms with Crippen LogP contribution in [-0.4, -0.2) is 55.1 Å². The Hall–Kier alpha value is -1.24. The standard InChI is InChI=1S/C19H31N3O2S/c20-8-13-25-16-19(23)21-9-5-12-24-18-7-4-6-17(14-18)15-22-10-2-1-3-11-22/h4,6-7,14H,1-3,5,8-13,15-16,20H2,(H,21,23). The van der Waals surface area contributed by atoms with Gasteiger partial charge in [-0.2, -0.15) is 11.8 Å². The van der Waals surface area contributed by atoms with Crippen molar-refractivity contribution in [2.24, 2.45) is 5.73 Å². The summed E-state index contributed by atoms with van der Waals surface area (Å²) >= 11 is 1.57. The van der Waals surface area contributed by atoms with Crippen molar-refractivity contribution < 1.29 is 9.53 Å². The number of hydrogen-bond donors (Lipinski definition) is 2. The average molecular weight is 366 g/mol.